The molecule has 13 aromatic rings. The number of halogens is 2. The van der Waals surface area contributed by atoms with Crippen LogP contribution in [0.5, 0.6) is 11.5 Å². The molecule has 2 heterocycles. The maximum Gasteiger partial charge on any atom is 0.128 e. The Balaban J connectivity index is 0.755. The van der Waals surface area contributed by atoms with Crippen LogP contribution in [0, 0.1) is 36.3 Å². The second-order valence-corrected chi connectivity index (χ2v) is 29.2. The quantitative estimate of drug-likeness (QED) is 0.0668. The first kappa shape index (κ1) is 66.8. The van der Waals surface area contributed by atoms with Crippen molar-refractivity contribution in [2.24, 2.45) is 10.8 Å². The van der Waals surface area contributed by atoms with E-state index in [9.17, 15) is 0 Å². The van der Waals surface area contributed by atoms with Crippen LogP contribution in [0.25, 0.3) is 49.4 Å². The van der Waals surface area contributed by atoms with Crippen molar-refractivity contribution in [2.45, 2.75) is 58.3 Å². The van der Waals surface area contributed by atoms with E-state index in [1.54, 1.807) is 26.0 Å². The molecule has 2 unspecified atom stereocenters. The van der Waals surface area contributed by atoms with Gasteiger partial charge in [-0.25, -0.2) is 8.78 Å². The Morgan fingerprint density at radius 1 is 0.390 bits per heavy atom. The van der Waals surface area contributed by atoms with Crippen molar-refractivity contribution in [3.05, 3.63) is 377 Å². The molecule has 4 aliphatic rings. The highest BCUT2D eigenvalue weighted by molar-refractivity contribution is 5.94. The molecule has 2 fully saturated rings. The van der Waals surface area contributed by atoms with Crippen LogP contribution in [-0.4, -0.2) is 39.6 Å². The van der Waals surface area contributed by atoms with Crippen molar-refractivity contribution in [3.8, 4) is 33.8 Å². The second kappa shape index (κ2) is 27.0. The minimum atomic E-state index is -0.810. The average Bonchev–Trinajstić information content (AvgIpc) is 1.55. The topological polar surface area (TPSA) is 43.4 Å². The maximum absolute atomic E-state index is 16.3. The van der Waals surface area contributed by atoms with E-state index in [1.807, 2.05) is 36.4 Å². The van der Waals surface area contributed by atoms with Gasteiger partial charge in [0, 0.05) is 34.1 Å². The highest BCUT2D eigenvalue weighted by Crippen LogP contribution is 2.60. The number of anilines is 6. The Bertz CT molecular complexity index is 5570. The van der Waals surface area contributed by atoms with Crippen LogP contribution in [0.3, 0.4) is 0 Å². The molecule has 0 bridgehead atoms. The Morgan fingerprint density at radius 2 is 0.790 bits per heavy atom. The summed E-state index contributed by atoms with van der Waals surface area (Å²) >= 11 is 0. The number of rotatable bonds is 21. The lowest BCUT2D eigenvalue weighted by Gasteiger charge is -2.40. The summed E-state index contributed by atoms with van der Waals surface area (Å²) in [6, 6.07) is 98.6. The van der Waals surface area contributed by atoms with Gasteiger partial charge in [0.2, 0.25) is 0 Å². The Kier molecular flexibility index (Phi) is 17.2. The lowest BCUT2D eigenvalue weighted by Crippen LogP contribution is -2.46. The minimum absolute atomic E-state index is 0.0219. The lowest BCUT2D eigenvalue weighted by molar-refractivity contribution is -0.133. The van der Waals surface area contributed by atoms with Crippen molar-refractivity contribution in [3.63, 3.8) is 0 Å². The zero-order valence-corrected chi connectivity index (χ0v) is 59.9. The van der Waals surface area contributed by atoms with Crippen molar-refractivity contribution < 1.29 is 27.7 Å². The first-order chi connectivity index (χ1) is 51.3. The number of hydrogen-bond acceptors (Lipinski definition) is 6. The van der Waals surface area contributed by atoms with E-state index in [0.29, 0.717) is 62.1 Å². The number of ether oxygens (including phenoxy) is 4. The second-order valence-electron chi connectivity index (χ2n) is 29.2. The summed E-state index contributed by atoms with van der Waals surface area (Å²) in [5, 5.41) is 4.61. The van der Waals surface area contributed by atoms with Gasteiger partial charge in [0.05, 0.1) is 61.3 Å². The fourth-order valence-corrected chi connectivity index (χ4v) is 16.7. The molecule has 2 atom stereocenters. The van der Waals surface area contributed by atoms with E-state index in [-0.39, 0.29) is 22.5 Å². The molecule has 8 heteroatoms. The number of benzene rings is 13. The van der Waals surface area contributed by atoms with Crippen LogP contribution < -0.4 is 19.3 Å². The molecule has 0 saturated carbocycles. The largest absolute Gasteiger partial charge is 0.493 e. The van der Waals surface area contributed by atoms with E-state index < -0.39 is 10.8 Å². The third kappa shape index (κ3) is 11.4. The van der Waals surface area contributed by atoms with Gasteiger partial charge in [0.25, 0.3) is 0 Å². The molecule has 0 amide bonds. The van der Waals surface area contributed by atoms with Crippen molar-refractivity contribution in [1.82, 2.24) is 0 Å². The molecule has 2 aliphatic heterocycles. The fraction of sp³-hybridized carbons (Fsp3) is 0.175. The van der Waals surface area contributed by atoms with E-state index in [2.05, 4.69) is 286 Å². The van der Waals surface area contributed by atoms with Crippen LogP contribution in [0.2, 0.25) is 0 Å². The SMILES string of the molecule is C=C/C=C\C1=C(C)c2ccc(N(c3ccc(-c4ccc(N(c5ccc(C)c(F)c5)c5ccc6c(c5)C(c5ccc(OCC7(CC)COC7)cc5)(c5ccc7ccccc7c5)c5ccccc5-6)cc4)cc3)c3ccc(C)c(F)c3)cc2C1(c1ccc(OCC2(CC)COC2)cc1)c1ccc2ccccc2c1. The average molecular weight is 1380 g/mol. The first-order valence-corrected chi connectivity index (χ1v) is 36.7. The van der Waals surface area contributed by atoms with Crippen molar-refractivity contribution >= 4 is 61.2 Å². The number of allylic oxidation sites excluding steroid dienone is 5. The molecule has 0 radical (unpaired) electrons. The van der Waals surface area contributed by atoms with Crippen molar-refractivity contribution in [1.29, 1.82) is 0 Å². The number of nitrogens with zero attached hydrogens (tertiary/aromatic N) is 2. The molecule has 2 saturated heterocycles. The predicted octanol–water partition coefficient (Wildman–Crippen LogP) is 24.3. The summed E-state index contributed by atoms with van der Waals surface area (Å²) < 4.78 is 56.9. The zero-order chi connectivity index (χ0) is 71.6. The van der Waals surface area contributed by atoms with Gasteiger partial charge in [-0.2, -0.15) is 0 Å². The van der Waals surface area contributed by atoms with Crippen molar-refractivity contribution in [2.75, 3.05) is 49.4 Å². The van der Waals surface area contributed by atoms with Gasteiger partial charge >= 0.3 is 0 Å². The van der Waals surface area contributed by atoms with Gasteiger partial charge < -0.3 is 28.7 Å². The van der Waals surface area contributed by atoms with Gasteiger partial charge in [-0.3, -0.25) is 0 Å². The van der Waals surface area contributed by atoms with Gasteiger partial charge in [0.15, 0.2) is 0 Å². The van der Waals surface area contributed by atoms with Crippen LogP contribution in [-0.2, 0) is 20.3 Å². The predicted molar refractivity (Wildman–Crippen MR) is 426 cm³/mol. The minimum Gasteiger partial charge on any atom is -0.493 e. The molecule has 2 aliphatic carbocycles. The Morgan fingerprint density at radius 3 is 1.26 bits per heavy atom. The van der Waals surface area contributed by atoms with E-state index in [1.165, 1.54) is 10.9 Å². The van der Waals surface area contributed by atoms with Crippen LogP contribution in [0.1, 0.15) is 89.2 Å². The molecule has 0 aromatic heterocycles. The molecule has 13 aromatic carbocycles. The summed E-state index contributed by atoms with van der Waals surface area (Å²) in [5.41, 5.74) is 20.0. The number of hydrogen-bond donors (Lipinski definition) is 0. The lowest BCUT2D eigenvalue weighted by atomic mass is 9.66. The Labute approximate surface area is 614 Å². The summed E-state index contributed by atoms with van der Waals surface area (Å²) in [5.74, 6) is 1.05. The summed E-state index contributed by atoms with van der Waals surface area (Å²) in [6.07, 6.45) is 8.08. The van der Waals surface area contributed by atoms with E-state index >= 15 is 8.78 Å². The molecular formula is C97H82F2N2O4. The number of fused-ring (bicyclic) bond motifs is 6. The highest BCUT2D eigenvalue weighted by Gasteiger charge is 2.49. The summed E-state index contributed by atoms with van der Waals surface area (Å²) in [4.78, 5) is 4.34. The first-order valence-electron chi connectivity index (χ1n) is 36.7. The monoisotopic (exact) mass is 1380 g/mol. The molecule has 0 N–H and O–H groups in total. The Hall–Kier alpha value is -11.4. The van der Waals surface area contributed by atoms with Crippen LogP contribution >= 0.6 is 0 Å². The fourth-order valence-electron chi connectivity index (χ4n) is 16.7. The molecule has 0 spiro atoms. The smallest absolute Gasteiger partial charge is 0.128 e. The summed E-state index contributed by atoms with van der Waals surface area (Å²) in [6.45, 7) is 18.4. The van der Waals surface area contributed by atoms with E-state index in [0.717, 1.165) is 136 Å². The van der Waals surface area contributed by atoms with Gasteiger partial charge in [-0.05, 0) is 253 Å². The van der Waals surface area contributed by atoms with Gasteiger partial charge in [-0.1, -0.05) is 209 Å². The third-order valence-corrected chi connectivity index (χ3v) is 23.1. The molecular weight excluding hydrogens is 1300 g/mol. The maximum atomic E-state index is 16.3. The zero-order valence-electron chi connectivity index (χ0n) is 59.9. The van der Waals surface area contributed by atoms with Gasteiger partial charge in [0.1, 0.15) is 23.1 Å². The molecule has 105 heavy (non-hydrogen) atoms. The van der Waals surface area contributed by atoms with Gasteiger partial charge in [-0.15, -0.1) is 0 Å². The number of aryl methyl sites for hydroxylation is 2. The molecule has 6 nitrogen and oxygen atoms in total. The normalized spacial score (nSPS) is 17.4. The third-order valence-electron chi connectivity index (χ3n) is 23.1. The standard InChI is InChI=1S/C97H82F2N2O4/c1-7-10-22-88-66(6)85-50-44-79(54-90(85)96(88,75-32-26-67-17-11-13-19-71(67)52-75)73-34-46-83(47-35-73)104-62-94(8-2)58-102-59-94)100(81-38-24-64(4)92(98)56-81)77-40-28-69(29-41-77)70-30-42-78(43-31-70)101(82-39-25-65(5)93(99)57-82)80-45-51-87-86-21-15-16-23-89(86)97(91(87)55-80,76-33-27-68-18-12-14-20-72(68)53-76)74-36-48-84(49-37-74)105-63-95(9-3)60-103-61-95/h7,10-57H,1,8-9,58-63H2,2-6H3/b22-10-. The molecule has 17 rings (SSSR count). The molecule has 518 valence electrons. The van der Waals surface area contributed by atoms with Crippen LogP contribution in [0.4, 0.5) is 42.9 Å². The summed E-state index contributed by atoms with van der Waals surface area (Å²) in [7, 11) is 0. The van der Waals surface area contributed by atoms with Crippen LogP contribution in [0.15, 0.2) is 309 Å². The van der Waals surface area contributed by atoms with E-state index in [4.69, 9.17) is 18.9 Å². The highest BCUT2D eigenvalue weighted by atomic mass is 19.1.